The Morgan fingerprint density at radius 3 is 2.82 bits per heavy atom. The van der Waals surface area contributed by atoms with Crippen LogP contribution in [-0.2, 0) is 4.74 Å². The summed E-state index contributed by atoms with van der Waals surface area (Å²) in [5, 5.41) is 0. The van der Waals surface area contributed by atoms with Crippen LogP contribution < -0.4 is 10.5 Å². The smallest absolute Gasteiger partial charge is 0.337 e. The Labute approximate surface area is 101 Å². The van der Waals surface area contributed by atoms with E-state index in [9.17, 15) is 4.79 Å². The van der Waals surface area contributed by atoms with Crippen LogP contribution in [0.1, 0.15) is 29.6 Å². The Bertz CT molecular complexity index is 413. The number of benzene rings is 1. The molecule has 1 aliphatic carbocycles. The Balaban J connectivity index is 2.05. The lowest BCUT2D eigenvalue weighted by atomic mass is 9.86. The summed E-state index contributed by atoms with van der Waals surface area (Å²) < 4.78 is 10.3. The topological polar surface area (TPSA) is 61.5 Å². The van der Waals surface area contributed by atoms with Crippen molar-refractivity contribution in [2.75, 3.05) is 19.5 Å². The van der Waals surface area contributed by atoms with E-state index in [1.807, 2.05) is 0 Å². The Kier molecular flexibility index (Phi) is 3.52. The second-order valence-electron chi connectivity index (χ2n) is 4.35. The summed E-state index contributed by atoms with van der Waals surface area (Å²) >= 11 is 0. The average molecular weight is 235 g/mol. The predicted octanol–water partition coefficient (Wildman–Crippen LogP) is 2.23. The van der Waals surface area contributed by atoms with E-state index in [1.165, 1.54) is 26.4 Å². The molecule has 92 valence electrons. The zero-order valence-corrected chi connectivity index (χ0v) is 9.94. The molecule has 0 spiro atoms. The van der Waals surface area contributed by atoms with Crippen LogP contribution in [0.3, 0.4) is 0 Å². The number of carbonyl (C=O) groups excluding carboxylic acids is 1. The van der Waals surface area contributed by atoms with Crippen LogP contribution in [0.25, 0.3) is 0 Å². The first-order chi connectivity index (χ1) is 8.20. The fourth-order valence-electron chi connectivity index (χ4n) is 1.77. The van der Waals surface area contributed by atoms with Crippen LogP contribution in [0.15, 0.2) is 18.2 Å². The lowest BCUT2D eigenvalue weighted by Gasteiger charge is -2.25. The van der Waals surface area contributed by atoms with Crippen LogP contribution in [0.4, 0.5) is 5.69 Å². The summed E-state index contributed by atoms with van der Waals surface area (Å²) in [6.07, 6.45) is 3.72. The maximum atomic E-state index is 11.4. The van der Waals surface area contributed by atoms with E-state index in [1.54, 1.807) is 18.2 Å². The molecule has 2 N–H and O–H groups in total. The number of anilines is 1. The van der Waals surface area contributed by atoms with Crippen molar-refractivity contribution in [2.45, 2.75) is 19.3 Å². The van der Waals surface area contributed by atoms with Gasteiger partial charge in [-0.2, -0.15) is 0 Å². The van der Waals surface area contributed by atoms with E-state index in [4.69, 9.17) is 10.5 Å². The van der Waals surface area contributed by atoms with Crippen LogP contribution in [0, 0.1) is 5.92 Å². The van der Waals surface area contributed by atoms with Crippen molar-refractivity contribution in [3.05, 3.63) is 23.8 Å². The van der Waals surface area contributed by atoms with Gasteiger partial charge in [-0.3, -0.25) is 0 Å². The van der Waals surface area contributed by atoms with Gasteiger partial charge in [-0.15, -0.1) is 0 Å². The SMILES string of the molecule is COC(=O)c1ccc(N)c(OCC2CCC2)c1. The molecule has 1 saturated carbocycles. The average Bonchev–Trinajstić information content (AvgIpc) is 2.28. The number of methoxy groups -OCH3 is 1. The number of ether oxygens (including phenoxy) is 2. The Morgan fingerprint density at radius 2 is 2.24 bits per heavy atom. The zero-order valence-electron chi connectivity index (χ0n) is 9.94. The molecule has 1 aliphatic rings. The number of hydrogen-bond donors (Lipinski definition) is 1. The molecule has 2 rings (SSSR count). The van der Waals surface area contributed by atoms with Crippen molar-refractivity contribution in [3.63, 3.8) is 0 Å². The monoisotopic (exact) mass is 235 g/mol. The first kappa shape index (κ1) is 11.8. The van der Waals surface area contributed by atoms with Gasteiger partial charge in [0.2, 0.25) is 0 Å². The second-order valence-corrected chi connectivity index (χ2v) is 4.35. The van der Waals surface area contributed by atoms with Crippen LogP contribution in [-0.4, -0.2) is 19.7 Å². The van der Waals surface area contributed by atoms with Crippen molar-refractivity contribution < 1.29 is 14.3 Å². The number of carbonyl (C=O) groups is 1. The van der Waals surface area contributed by atoms with Crippen LogP contribution >= 0.6 is 0 Å². The quantitative estimate of drug-likeness (QED) is 0.642. The van der Waals surface area contributed by atoms with Crippen molar-refractivity contribution >= 4 is 11.7 Å². The molecular formula is C13H17NO3. The van der Waals surface area contributed by atoms with Gasteiger partial charge in [0.25, 0.3) is 0 Å². The molecule has 0 saturated heterocycles. The Morgan fingerprint density at radius 1 is 1.47 bits per heavy atom. The number of nitrogens with two attached hydrogens (primary N) is 1. The molecule has 0 aromatic heterocycles. The highest BCUT2D eigenvalue weighted by molar-refractivity contribution is 5.90. The minimum absolute atomic E-state index is 0.376. The third-order valence-corrected chi connectivity index (χ3v) is 3.13. The summed E-state index contributed by atoms with van der Waals surface area (Å²) in [6.45, 7) is 0.675. The summed E-state index contributed by atoms with van der Waals surface area (Å²) in [4.78, 5) is 11.4. The maximum absolute atomic E-state index is 11.4. The lowest BCUT2D eigenvalue weighted by molar-refractivity contribution is 0.0600. The van der Waals surface area contributed by atoms with E-state index < -0.39 is 0 Å². The molecule has 1 fully saturated rings. The molecule has 0 radical (unpaired) electrons. The fourth-order valence-corrected chi connectivity index (χ4v) is 1.77. The zero-order chi connectivity index (χ0) is 12.3. The highest BCUT2D eigenvalue weighted by Crippen LogP contribution is 2.29. The maximum Gasteiger partial charge on any atom is 0.337 e. The molecule has 1 aromatic carbocycles. The third kappa shape index (κ3) is 2.70. The van der Waals surface area contributed by atoms with E-state index in [0.717, 1.165) is 0 Å². The molecule has 0 heterocycles. The van der Waals surface area contributed by atoms with Gasteiger partial charge < -0.3 is 15.2 Å². The number of rotatable bonds is 4. The molecule has 17 heavy (non-hydrogen) atoms. The first-order valence-electron chi connectivity index (χ1n) is 5.81. The summed E-state index contributed by atoms with van der Waals surface area (Å²) in [7, 11) is 1.35. The van der Waals surface area contributed by atoms with Gasteiger partial charge in [-0.05, 0) is 37.0 Å². The molecule has 0 amide bonds. The third-order valence-electron chi connectivity index (χ3n) is 3.13. The Hall–Kier alpha value is -1.71. The normalized spacial score (nSPS) is 15.1. The highest BCUT2D eigenvalue weighted by Gasteiger charge is 2.18. The lowest BCUT2D eigenvalue weighted by Crippen LogP contribution is -2.19. The molecule has 0 aliphatic heterocycles. The fraction of sp³-hybridized carbons (Fsp3) is 0.462. The van der Waals surface area contributed by atoms with E-state index in [2.05, 4.69) is 4.74 Å². The minimum atomic E-state index is -0.376. The van der Waals surface area contributed by atoms with Gasteiger partial charge in [-0.25, -0.2) is 4.79 Å². The molecule has 0 unspecified atom stereocenters. The van der Waals surface area contributed by atoms with Gasteiger partial charge in [-0.1, -0.05) is 6.42 Å². The minimum Gasteiger partial charge on any atom is -0.491 e. The number of esters is 1. The van der Waals surface area contributed by atoms with Crippen molar-refractivity contribution in [3.8, 4) is 5.75 Å². The summed E-state index contributed by atoms with van der Waals surface area (Å²) in [6, 6.07) is 4.94. The van der Waals surface area contributed by atoms with E-state index in [0.29, 0.717) is 29.5 Å². The van der Waals surface area contributed by atoms with Gasteiger partial charge in [0, 0.05) is 0 Å². The molecule has 0 atom stereocenters. The van der Waals surface area contributed by atoms with Crippen molar-refractivity contribution in [1.29, 1.82) is 0 Å². The van der Waals surface area contributed by atoms with Crippen LogP contribution in [0.2, 0.25) is 0 Å². The van der Waals surface area contributed by atoms with E-state index in [-0.39, 0.29) is 5.97 Å². The van der Waals surface area contributed by atoms with Gasteiger partial charge in [0.05, 0.1) is 25.0 Å². The van der Waals surface area contributed by atoms with Crippen LogP contribution in [0.5, 0.6) is 5.75 Å². The van der Waals surface area contributed by atoms with Gasteiger partial charge in [0.15, 0.2) is 0 Å². The predicted molar refractivity (Wildman–Crippen MR) is 65.0 cm³/mol. The number of nitrogen functional groups attached to an aromatic ring is 1. The van der Waals surface area contributed by atoms with Gasteiger partial charge in [0.1, 0.15) is 5.75 Å². The molecule has 0 bridgehead atoms. The van der Waals surface area contributed by atoms with Crippen molar-refractivity contribution in [2.24, 2.45) is 5.92 Å². The molecule has 4 nitrogen and oxygen atoms in total. The van der Waals surface area contributed by atoms with Crippen molar-refractivity contribution in [1.82, 2.24) is 0 Å². The summed E-state index contributed by atoms with van der Waals surface area (Å²) in [5.41, 5.74) is 6.82. The molecular weight excluding hydrogens is 218 g/mol. The number of hydrogen-bond acceptors (Lipinski definition) is 4. The highest BCUT2D eigenvalue weighted by atomic mass is 16.5. The molecule has 1 aromatic rings. The van der Waals surface area contributed by atoms with Gasteiger partial charge >= 0.3 is 5.97 Å². The summed E-state index contributed by atoms with van der Waals surface area (Å²) in [5.74, 6) is 0.828. The standard InChI is InChI=1S/C13H17NO3/c1-16-13(15)10-5-6-11(14)12(7-10)17-8-9-3-2-4-9/h5-7,9H,2-4,8,14H2,1H3. The largest absolute Gasteiger partial charge is 0.491 e. The second kappa shape index (κ2) is 5.08. The van der Waals surface area contributed by atoms with E-state index >= 15 is 0 Å². The molecule has 4 heteroatoms. The first-order valence-corrected chi connectivity index (χ1v) is 5.81.